The summed E-state index contributed by atoms with van der Waals surface area (Å²) >= 11 is 0. The number of benzene rings is 1. The van der Waals surface area contributed by atoms with E-state index in [1.807, 2.05) is 0 Å². The van der Waals surface area contributed by atoms with Crippen LogP contribution in [0.5, 0.6) is 5.75 Å². The monoisotopic (exact) mass is 470 g/mol. The summed E-state index contributed by atoms with van der Waals surface area (Å²) < 4.78 is 105. The van der Waals surface area contributed by atoms with E-state index in [4.69, 9.17) is 17.1 Å². The van der Waals surface area contributed by atoms with Crippen LogP contribution < -0.4 is 4.74 Å². The Bertz CT molecular complexity index is 943. The summed E-state index contributed by atoms with van der Waals surface area (Å²) in [7, 11) is -1.15. The van der Waals surface area contributed by atoms with Crippen molar-refractivity contribution in [2.45, 2.75) is 49.5 Å². The molecule has 0 saturated heterocycles. The second kappa shape index (κ2) is 9.11. The molecule has 0 aliphatic heterocycles. The Morgan fingerprint density at radius 1 is 1.16 bits per heavy atom. The summed E-state index contributed by atoms with van der Waals surface area (Å²) in [5.74, 6) is -3.93. The maximum Gasteiger partial charge on any atom is 0.432 e. The third-order valence-electron chi connectivity index (χ3n) is 4.57. The quantitative estimate of drug-likeness (QED) is 0.215. The van der Waals surface area contributed by atoms with Crippen LogP contribution in [0.2, 0.25) is 0 Å². The molecule has 0 heterocycles. The largest absolute Gasteiger partial charge is 0.441 e. The highest BCUT2D eigenvalue weighted by Crippen LogP contribution is 2.39. The van der Waals surface area contributed by atoms with Crippen molar-refractivity contribution in [1.82, 2.24) is 0 Å². The average molecular weight is 470 g/mol. The van der Waals surface area contributed by atoms with Gasteiger partial charge in [-0.1, -0.05) is 30.8 Å². The highest BCUT2D eigenvalue weighted by Gasteiger charge is 2.66. The maximum absolute atomic E-state index is 13.7. The number of esters is 2. The minimum absolute atomic E-state index is 0.116. The summed E-state index contributed by atoms with van der Waals surface area (Å²) in [4.78, 5) is 24.5. The summed E-state index contributed by atoms with van der Waals surface area (Å²) in [6, 6.07) is 3.03. The first-order chi connectivity index (χ1) is 14.2. The zero-order chi connectivity index (χ0) is 23.6. The first-order valence-corrected chi connectivity index (χ1v) is 10.3. The van der Waals surface area contributed by atoms with Crippen LogP contribution in [0.15, 0.2) is 18.2 Å². The van der Waals surface area contributed by atoms with E-state index >= 15 is 0 Å². The van der Waals surface area contributed by atoms with E-state index in [2.05, 4.69) is 4.74 Å². The predicted molar refractivity (Wildman–Crippen MR) is 95.2 cm³/mol. The predicted octanol–water partition coefficient (Wildman–Crippen LogP) is 3.02. The molecule has 1 aromatic carbocycles. The van der Waals surface area contributed by atoms with Gasteiger partial charge >= 0.3 is 33.5 Å². The molecule has 0 bridgehead atoms. The van der Waals surface area contributed by atoms with Crippen LogP contribution in [0, 0.1) is 5.92 Å². The van der Waals surface area contributed by atoms with Crippen molar-refractivity contribution in [3.05, 3.63) is 29.3 Å². The molecule has 1 aliphatic carbocycles. The number of halogens is 5. The molecule has 1 fully saturated rings. The molecule has 1 aromatic rings. The average Bonchev–Trinajstić information content (AvgIpc) is 3.18. The van der Waals surface area contributed by atoms with Crippen LogP contribution in [-0.4, -0.2) is 50.3 Å². The Labute approximate surface area is 175 Å². The fraction of sp³-hybridized carbons (Fsp3) is 0.529. The van der Waals surface area contributed by atoms with Gasteiger partial charge in [-0.05, 0) is 25.0 Å². The number of hydrogen-bond acceptors (Lipinski definition) is 6. The zero-order valence-corrected chi connectivity index (χ0v) is 16.5. The van der Waals surface area contributed by atoms with Crippen LogP contribution in [0.25, 0.3) is 0 Å². The lowest BCUT2D eigenvalue weighted by molar-refractivity contribution is -0.248. The molecule has 31 heavy (non-hydrogen) atoms. The van der Waals surface area contributed by atoms with Gasteiger partial charge in [-0.2, -0.15) is 30.4 Å². The number of carbonyl (C=O) groups excluding carboxylic acids is 2. The lowest BCUT2D eigenvalue weighted by atomic mass is 9.95. The second-order valence-electron chi connectivity index (χ2n) is 6.80. The smallest absolute Gasteiger partial charge is 0.432 e. The first-order valence-electron chi connectivity index (χ1n) is 8.85. The summed E-state index contributed by atoms with van der Waals surface area (Å²) in [6.45, 7) is 0. The molecule has 1 aliphatic rings. The minimum Gasteiger partial charge on any atom is -0.441 e. The van der Waals surface area contributed by atoms with Crippen LogP contribution in [0.1, 0.15) is 41.6 Å². The van der Waals surface area contributed by atoms with E-state index < -0.39 is 56.8 Å². The van der Waals surface area contributed by atoms with Gasteiger partial charge in [-0.3, -0.25) is 9.35 Å². The maximum atomic E-state index is 13.7. The Kier molecular flexibility index (Phi) is 7.36. The third-order valence-corrected chi connectivity index (χ3v) is 5.47. The van der Waals surface area contributed by atoms with Crippen molar-refractivity contribution in [3.8, 4) is 5.75 Å². The van der Waals surface area contributed by atoms with E-state index in [1.54, 1.807) is 0 Å². The van der Waals surface area contributed by atoms with Crippen LogP contribution in [0.3, 0.4) is 0 Å². The summed E-state index contributed by atoms with van der Waals surface area (Å²) in [5.41, 5.74) is -0.551. The molecule has 170 valence electrons. The Morgan fingerprint density at radius 3 is 2.23 bits per heavy atom. The fourth-order valence-electron chi connectivity index (χ4n) is 2.93. The number of alkyl halides is 5. The molecule has 1 atom stereocenters. The zero-order valence-electron chi connectivity index (χ0n) is 15.7. The molecule has 2 radical (unpaired) electrons. The normalized spacial score (nSPS) is 16.7. The van der Waals surface area contributed by atoms with Gasteiger partial charge < -0.3 is 9.47 Å². The van der Waals surface area contributed by atoms with E-state index in [0.29, 0.717) is 18.4 Å². The van der Waals surface area contributed by atoms with Gasteiger partial charge in [0, 0.05) is 0 Å². The van der Waals surface area contributed by atoms with Crippen molar-refractivity contribution in [3.63, 3.8) is 0 Å². The second-order valence-corrected chi connectivity index (χ2v) is 8.30. The van der Waals surface area contributed by atoms with E-state index in [1.165, 1.54) is 0 Å². The fourth-order valence-corrected chi connectivity index (χ4v) is 3.38. The van der Waals surface area contributed by atoms with Crippen LogP contribution in [-0.2, 0) is 26.0 Å². The molecular weight excluding hydrogens is 454 g/mol. The van der Waals surface area contributed by atoms with Gasteiger partial charge in [0.1, 0.15) is 11.3 Å². The van der Waals surface area contributed by atoms with Gasteiger partial charge in [0.25, 0.3) is 6.10 Å². The Morgan fingerprint density at radius 2 is 1.74 bits per heavy atom. The molecule has 14 heteroatoms. The molecule has 1 saturated carbocycles. The highest BCUT2D eigenvalue weighted by atomic mass is 32.2. The van der Waals surface area contributed by atoms with E-state index in [0.717, 1.165) is 31.0 Å². The highest BCUT2D eigenvalue weighted by molar-refractivity contribution is 7.86. The molecule has 7 nitrogen and oxygen atoms in total. The van der Waals surface area contributed by atoms with E-state index in [-0.39, 0.29) is 6.32 Å². The molecule has 0 amide bonds. The van der Waals surface area contributed by atoms with Gasteiger partial charge in [0.05, 0.1) is 13.8 Å². The standard InChI is InChI=1S/C17H16BF5O7S/c18-8-9-5-6-11(12(7-9)29-13(24)10-3-1-2-4-10)14(25)30-15(16(19,20)21)17(22,23)31(26,27)28/h5-7,10,15H,1-4,8H2,(H,26,27,28). The SMILES string of the molecule is [B]Cc1ccc(C(=O)OC(C(F)(F)F)C(F)(F)S(=O)(=O)O)c(OC(=O)C2CCCC2)c1. The lowest BCUT2D eigenvalue weighted by Gasteiger charge is -2.26. The molecule has 0 spiro atoms. The van der Waals surface area contributed by atoms with Gasteiger partial charge in [0.2, 0.25) is 0 Å². The number of ether oxygens (including phenoxy) is 2. The van der Waals surface area contributed by atoms with Crippen molar-refractivity contribution in [2.24, 2.45) is 5.92 Å². The summed E-state index contributed by atoms with van der Waals surface area (Å²) in [5, 5.41) is -5.89. The number of rotatable bonds is 7. The molecule has 1 unspecified atom stereocenters. The molecule has 1 N–H and O–H groups in total. The Balaban J connectivity index is 2.39. The van der Waals surface area contributed by atoms with E-state index in [9.17, 15) is 40.0 Å². The van der Waals surface area contributed by atoms with Gasteiger partial charge in [-0.15, -0.1) is 0 Å². The van der Waals surface area contributed by atoms with Gasteiger partial charge in [0.15, 0.2) is 0 Å². The third kappa shape index (κ3) is 5.73. The van der Waals surface area contributed by atoms with Crippen molar-refractivity contribution >= 4 is 29.9 Å². The first kappa shape index (κ1) is 25.0. The van der Waals surface area contributed by atoms with Crippen LogP contribution in [0.4, 0.5) is 22.0 Å². The lowest BCUT2D eigenvalue weighted by Crippen LogP contribution is -2.52. The molecular formula is C17H16BF5O7S. The van der Waals surface area contributed by atoms with Crippen molar-refractivity contribution < 1.29 is 54.0 Å². The topological polar surface area (TPSA) is 107 Å². The molecule has 0 aromatic heterocycles. The summed E-state index contributed by atoms with van der Waals surface area (Å²) in [6.07, 6.45) is -8.22. The van der Waals surface area contributed by atoms with Gasteiger partial charge in [-0.25, -0.2) is 4.79 Å². The van der Waals surface area contributed by atoms with Crippen molar-refractivity contribution in [1.29, 1.82) is 0 Å². The number of hydrogen-bond donors (Lipinski definition) is 1. The Hall–Kier alpha value is -2.22. The molecule has 2 rings (SSSR count). The van der Waals surface area contributed by atoms with Crippen LogP contribution >= 0.6 is 0 Å². The minimum atomic E-state index is -6.60. The number of carbonyl (C=O) groups is 2. The van der Waals surface area contributed by atoms with Crippen molar-refractivity contribution in [2.75, 3.05) is 0 Å².